The standard InChI is InChI=1S/C7H12O3/c1-10-6-4-2-3-5-7(8)9/h4,6H,2-3,5H2,1H3,(H,8,9)/b6-4+. The second-order valence-corrected chi connectivity index (χ2v) is 1.89. The van der Waals surface area contributed by atoms with Gasteiger partial charge in [-0.25, -0.2) is 0 Å². The molecule has 0 aliphatic carbocycles. The van der Waals surface area contributed by atoms with Crippen LogP contribution in [0, 0.1) is 0 Å². The first kappa shape index (κ1) is 9.01. The maximum atomic E-state index is 9.98. The molecule has 0 aromatic rings. The average molecular weight is 144 g/mol. The van der Waals surface area contributed by atoms with E-state index in [0.717, 1.165) is 6.42 Å². The van der Waals surface area contributed by atoms with Crippen LogP contribution in [0.25, 0.3) is 0 Å². The highest BCUT2D eigenvalue weighted by molar-refractivity contribution is 5.66. The number of hydrogen-bond donors (Lipinski definition) is 1. The molecule has 0 unspecified atom stereocenters. The van der Waals surface area contributed by atoms with Crippen molar-refractivity contribution in [3.63, 3.8) is 0 Å². The number of rotatable bonds is 5. The molecular weight excluding hydrogens is 132 g/mol. The Morgan fingerprint density at radius 2 is 2.40 bits per heavy atom. The van der Waals surface area contributed by atoms with Gasteiger partial charge in [-0.3, -0.25) is 4.79 Å². The summed E-state index contributed by atoms with van der Waals surface area (Å²) >= 11 is 0. The lowest BCUT2D eigenvalue weighted by atomic mass is 10.2. The molecule has 3 nitrogen and oxygen atoms in total. The van der Waals surface area contributed by atoms with E-state index in [1.54, 1.807) is 13.4 Å². The van der Waals surface area contributed by atoms with E-state index in [2.05, 4.69) is 4.74 Å². The first-order chi connectivity index (χ1) is 4.77. The molecule has 0 aliphatic heterocycles. The maximum absolute atomic E-state index is 9.98. The van der Waals surface area contributed by atoms with E-state index in [4.69, 9.17) is 5.11 Å². The van der Waals surface area contributed by atoms with Crippen LogP contribution in [0.3, 0.4) is 0 Å². The largest absolute Gasteiger partial charge is 0.505 e. The lowest BCUT2D eigenvalue weighted by Gasteiger charge is -1.89. The second kappa shape index (κ2) is 6.13. The van der Waals surface area contributed by atoms with Crippen molar-refractivity contribution >= 4 is 5.97 Å². The van der Waals surface area contributed by atoms with Crippen LogP contribution in [-0.2, 0) is 9.53 Å². The molecule has 0 aromatic heterocycles. The van der Waals surface area contributed by atoms with Gasteiger partial charge in [0, 0.05) is 6.42 Å². The fourth-order valence-corrected chi connectivity index (χ4v) is 0.535. The van der Waals surface area contributed by atoms with Crippen molar-refractivity contribution in [2.45, 2.75) is 19.3 Å². The van der Waals surface area contributed by atoms with Gasteiger partial charge in [0.25, 0.3) is 0 Å². The van der Waals surface area contributed by atoms with E-state index in [1.807, 2.05) is 6.08 Å². The predicted octanol–water partition coefficient (Wildman–Crippen LogP) is 1.40. The third-order valence-electron chi connectivity index (χ3n) is 0.994. The topological polar surface area (TPSA) is 46.5 Å². The normalized spacial score (nSPS) is 10.1. The highest BCUT2D eigenvalue weighted by Gasteiger charge is 1.92. The average Bonchev–Trinajstić information content (AvgIpc) is 1.87. The van der Waals surface area contributed by atoms with Crippen LogP contribution < -0.4 is 0 Å². The Labute approximate surface area is 60.3 Å². The Balaban J connectivity index is 3.05. The molecular formula is C7H12O3. The minimum Gasteiger partial charge on any atom is -0.505 e. The zero-order valence-corrected chi connectivity index (χ0v) is 6.04. The quantitative estimate of drug-likeness (QED) is 0.468. The van der Waals surface area contributed by atoms with Crippen LogP contribution in [0.15, 0.2) is 12.3 Å². The number of carbonyl (C=O) groups is 1. The maximum Gasteiger partial charge on any atom is 0.303 e. The molecule has 58 valence electrons. The van der Waals surface area contributed by atoms with Gasteiger partial charge < -0.3 is 9.84 Å². The van der Waals surface area contributed by atoms with Gasteiger partial charge in [0.2, 0.25) is 0 Å². The van der Waals surface area contributed by atoms with Crippen molar-refractivity contribution < 1.29 is 14.6 Å². The number of methoxy groups -OCH3 is 1. The molecule has 0 rings (SSSR count). The van der Waals surface area contributed by atoms with E-state index in [-0.39, 0.29) is 6.42 Å². The van der Waals surface area contributed by atoms with Crippen LogP contribution in [0.5, 0.6) is 0 Å². The van der Waals surface area contributed by atoms with Crippen molar-refractivity contribution in [2.75, 3.05) is 7.11 Å². The first-order valence-corrected chi connectivity index (χ1v) is 3.17. The summed E-state index contributed by atoms with van der Waals surface area (Å²) in [6.45, 7) is 0. The van der Waals surface area contributed by atoms with Crippen molar-refractivity contribution in [3.8, 4) is 0 Å². The number of carboxylic acid groups (broad SMARTS) is 1. The van der Waals surface area contributed by atoms with Crippen molar-refractivity contribution in [1.29, 1.82) is 0 Å². The van der Waals surface area contributed by atoms with Gasteiger partial charge >= 0.3 is 5.97 Å². The minimum atomic E-state index is -0.745. The Morgan fingerprint density at radius 1 is 1.70 bits per heavy atom. The smallest absolute Gasteiger partial charge is 0.303 e. The Hall–Kier alpha value is -0.990. The van der Waals surface area contributed by atoms with Crippen molar-refractivity contribution in [2.24, 2.45) is 0 Å². The molecule has 10 heavy (non-hydrogen) atoms. The van der Waals surface area contributed by atoms with Gasteiger partial charge in [-0.1, -0.05) is 0 Å². The fourth-order valence-electron chi connectivity index (χ4n) is 0.535. The number of aliphatic carboxylic acids is 1. The van der Waals surface area contributed by atoms with Gasteiger partial charge in [-0.2, -0.15) is 0 Å². The van der Waals surface area contributed by atoms with Gasteiger partial charge in [0.1, 0.15) is 0 Å². The molecule has 0 aliphatic rings. The first-order valence-electron chi connectivity index (χ1n) is 3.17. The van der Waals surface area contributed by atoms with Gasteiger partial charge in [-0.15, -0.1) is 0 Å². The summed E-state index contributed by atoms with van der Waals surface area (Å²) in [7, 11) is 1.56. The number of ether oxygens (including phenoxy) is 1. The zero-order chi connectivity index (χ0) is 7.82. The third kappa shape index (κ3) is 7.01. The van der Waals surface area contributed by atoms with E-state index in [1.165, 1.54) is 0 Å². The Morgan fingerprint density at radius 3 is 2.90 bits per heavy atom. The summed E-state index contributed by atoms with van der Waals surface area (Å²) in [5.74, 6) is -0.745. The van der Waals surface area contributed by atoms with Gasteiger partial charge in [-0.05, 0) is 18.9 Å². The fraction of sp³-hybridized carbons (Fsp3) is 0.571. The number of allylic oxidation sites excluding steroid dienone is 1. The number of carboxylic acids is 1. The summed E-state index contributed by atoms with van der Waals surface area (Å²) in [6, 6.07) is 0. The van der Waals surface area contributed by atoms with Crippen LogP contribution in [-0.4, -0.2) is 18.2 Å². The molecule has 0 aromatic carbocycles. The van der Waals surface area contributed by atoms with Gasteiger partial charge in [0.15, 0.2) is 0 Å². The highest BCUT2D eigenvalue weighted by atomic mass is 16.5. The monoisotopic (exact) mass is 144 g/mol. The number of hydrogen-bond acceptors (Lipinski definition) is 2. The lowest BCUT2D eigenvalue weighted by Crippen LogP contribution is -1.92. The molecule has 0 heterocycles. The Bertz CT molecular complexity index is 118. The summed E-state index contributed by atoms with van der Waals surface area (Å²) in [5, 5.41) is 8.21. The molecule has 0 fully saturated rings. The molecule has 0 atom stereocenters. The van der Waals surface area contributed by atoms with Crippen LogP contribution in [0.1, 0.15) is 19.3 Å². The Kier molecular flexibility index (Phi) is 5.53. The molecule has 0 spiro atoms. The lowest BCUT2D eigenvalue weighted by molar-refractivity contribution is -0.137. The second-order valence-electron chi connectivity index (χ2n) is 1.89. The third-order valence-corrected chi connectivity index (χ3v) is 0.994. The summed E-state index contributed by atoms with van der Waals surface area (Å²) in [4.78, 5) is 9.98. The summed E-state index contributed by atoms with van der Waals surface area (Å²) in [5.41, 5.74) is 0. The molecule has 0 saturated heterocycles. The van der Waals surface area contributed by atoms with Crippen LogP contribution in [0.4, 0.5) is 0 Å². The molecule has 1 N–H and O–H groups in total. The number of unbranched alkanes of at least 4 members (excludes halogenated alkanes) is 1. The van der Waals surface area contributed by atoms with Crippen LogP contribution in [0.2, 0.25) is 0 Å². The van der Waals surface area contributed by atoms with E-state index >= 15 is 0 Å². The van der Waals surface area contributed by atoms with Crippen molar-refractivity contribution in [3.05, 3.63) is 12.3 Å². The van der Waals surface area contributed by atoms with E-state index in [9.17, 15) is 4.79 Å². The molecule has 0 amide bonds. The SMILES string of the molecule is CO/C=C/CCCC(=O)O. The summed E-state index contributed by atoms with van der Waals surface area (Å²) in [6.07, 6.45) is 5.04. The van der Waals surface area contributed by atoms with Gasteiger partial charge in [0.05, 0.1) is 13.4 Å². The molecule has 3 heteroatoms. The molecule has 0 saturated carbocycles. The van der Waals surface area contributed by atoms with Crippen LogP contribution >= 0.6 is 0 Å². The van der Waals surface area contributed by atoms with E-state index < -0.39 is 5.97 Å². The minimum absolute atomic E-state index is 0.230. The highest BCUT2D eigenvalue weighted by Crippen LogP contribution is 1.95. The van der Waals surface area contributed by atoms with Crippen molar-refractivity contribution in [1.82, 2.24) is 0 Å². The predicted molar refractivity (Wildman–Crippen MR) is 37.6 cm³/mol. The molecule has 0 radical (unpaired) electrons. The molecule has 0 bridgehead atoms. The van der Waals surface area contributed by atoms with E-state index in [0.29, 0.717) is 6.42 Å². The summed E-state index contributed by atoms with van der Waals surface area (Å²) < 4.78 is 4.62. The zero-order valence-electron chi connectivity index (χ0n) is 6.04.